The molecule has 1 rings (SSSR count). The van der Waals surface area contributed by atoms with E-state index in [4.69, 9.17) is 4.74 Å². The molecular weight excluding hydrogens is 240 g/mol. The van der Waals surface area contributed by atoms with Gasteiger partial charge in [0.1, 0.15) is 6.10 Å². The topological polar surface area (TPSA) is 46.5 Å². The molecule has 0 saturated heterocycles. The predicted octanol–water partition coefficient (Wildman–Crippen LogP) is 3.32. The average molecular weight is 268 g/mol. The molecule has 4 atom stereocenters. The summed E-state index contributed by atoms with van der Waals surface area (Å²) in [6, 6.07) is 0. The lowest BCUT2D eigenvalue weighted by atomic mass is 9.57. The first-order valence-corrected chi connectivity index (χ1v) is 7.15. The van der Waals surface area contributed by atoms with Crippen LogP contribution in [0, 0.1) is 17.3 Å². The summed E-state index contributed by atoms with van der Waals surface area (Å²) in [6.07, 6.45) is 5.53. The van der Waals surface area contributed by atoms with Crippen molar-refractivity contribution in [2.24, 2.45) is 17.3 Å². The number of ether oxygens (including phenoxy) is 1. The lowest BCUT2D eigenvalue weighted by Gasteiger charge is -2.50. The van der Waals surface area contributed by atoms with E-state index in [2.05, 4.69) is 20.8 Å². The second-order valence-electron chi connectivity index (χ2n) is 6.80. The van der Waals surface area contributed by atoms with Gasteiger partial charge in [-0.3, -0.25) is 4.79 Å². The van der Waals surface area contributed by atoms with Gasteiger partial charge >= 0.3 is 5.97 Å². The minimum atomic E-state index is -0.692. The molecule has 0 amide bonds. The fourth-order valence-electron chi connectivity index (χ4n) is 3.17. The molecule has 0 aliphatic heterocycles. The van der Waals surface area contributed by atoms with Crippen LogP contribution in [0.2, 0.25) is 0 Å². The number of carbonyl (C=O) groups excluding carboxylic acids is 1. The van der Waals surface area contributed by atoms with Gasteiger partial charge in [0.15, 0.2) is 0 Å². The Balaban J connectivity index is 2.87. The second-order valence-corrected chi connectivity index (χ2v) is 6.80. The summed E-state index contributed by atoms with van der Waals surface area (Å²) in [6.45, 7) is 11.8. The Morgan fingerprint density at radius 1 is 1.42 bits per heavy atom. The molecule has 0 aromatic rings. The highest BCUT2D eigenvalue weighted by atomic mass is 16.5. The molecule has 0 aromatic carbocycles. The highest BCUT2D eigenvalue weighted by Gasteiger charge is 2.47. The van der Waals surface area contributed by atoms with Crippen molar-refractivity contribution in [2.75, 3.05) is 0 Å². The molecular formula is C16H28O3. The van der Waals surface area contributed by atoms with Crippen LogP contribution in [-0.4, -0.2) is 22.8 Å². The van der Waals surface area contributed by atoms with Crippen molar-refractivity contribution in [2.45, 2.75) is 66.1 Å². The van der Waals surface area contributed by atoms with Crippen LogP contribution >= 0.6 is 0 Å². The van der Waals surface area contributed by atoms with E-state index in [-0.39, 0.29) is 23.4 Å². The molecule has 0 bridgehead atoms. The van der Waals surface area contributed by atoms with E-state index in [1.807, 2.05) is 26.0 Å². The maximum Gasteiger partial charge on any atom is 0.303 e. The average Bonchev–Trinajstić information content (AvgIpc) is 2.22. The summed E-state index contributed by atoms with van der Waals surface area (Å²) in [7, 11) is 0. The molecule has 19 heavy (non-hydrogen) atoms. The monoisotopic (exact) mass is 268 g/mol. The van der Waals surface area contributed by atoms with E-state index < -0.39 is 5.60 Å². The third kappa shape index (κ3) is 3.82. The zero-order chi connectivity index (χ0) is 14.8. The van der Waals surface area contributed by atoms with Crippen LogP contribution in [0.5, 0.6) is 0 Å². The predicted molar refractivity (Wildman–Crippen MR) is 76.7 cm³/mol. The van der Waals surface area contributed by atoms with Gasteiger partial charge in [-0.05, 0) is 44.1 Å². The Morgan fingerprint density at radius 2 is 2.00 bits per heavy atom. The maximum atomic E-state index is 10.9. The zero-order valence-corrected chi connectivity index (χ0v) is 13.1. The summed E-state index contributed by atoms with van der Waals surface area (Å²) in [5.41, 5.74) is -0.656. The molecule has 3 nitrogen and oxygen atoms in total. The maximum absolute atomic E-state index is 10.9. The first kappa shape index (κ1) is 16.2. The number of carbonyl (C=O) groups is 1. The quantitative estimate of drug-likeness (QED) is 0.631. The van der Waals surface area contributed by atoms with Gasteiger partial charge in [0.05, 0.1) is 5.60 Å². The van der Waals surface area contributed by atoms with Crippen molar-refractivity contribution in [3.8, 4) is 0 Å². The van der Waals surface area contributed by atoms with Crippen LogP contribution in [0.25, 0.3) is 0 Å². The zero-order valence-electron chi connectivity index (χ0n) is 13.1. The third-order valence-corrected chi connectivity index (χ3v) is 4.75. The molecule has 1 aliphatic rings. The largest absolute Gasteiger partial charge is 0.459 e. The van der Waals surface area contributed by atoms with E-state index in [1.54, 1.807) is 0 Å². The first-order valence-electron chi connectivity index (χ1n) is 7.15. The van der Waals surface area contributed by atoms with Crippen molar-refractivity contribution in [1.29, 1.82) is 0 Å². The lowest BCUT2D eigenvalue weighted by molar-refractivity contribution is -0.143. The SMILES string of the molecule is CC(=O)O[C@H](C)/C=C/[C@H]1C(C)(C)[C@H](C)CC[C@@]1(C)O. The van der Waals surface area contributed by atoms with Gasteiger partial charge < -0.3 is 9.84 Å². The van der Waals surface area contributed by atoms with Gasteiger partial charge in [-0.2, -0.15) is 0 Å². The van der Waals surface area contributed by atoms with E-state index in [1.165, 1.54) is 6.92 Å². The summed E-state index contributed by atoms with van der Waals surface area (Å²) in [5, 5.41) is 10.6. The fraction of sp³-hybridized carbons (Fsp3) is 0.812. The van der Waals surface area contributed by atoms with E-state index >= 15 is 0 Å². The first-order chi connectivity index (χ1) is 8.57. The Hall–Kier alpha value is -0.830. The van der Waals surface area contributed by atoms with Crippen LogP contribution in [0.15, 0.2) is 12.2 Å². The molecule has 3 heteroatoms. The van der Waals surface area contributed by atoms with E-state index in [0.29, 0.717) is 5.92 Å². The standard InChI is InChI=1S/C16H28O3/c1-11-9-10-16(6,18)14(15(11,4)5)8-7-12(2)19-13(3)17/h7-8,11-12,14,18H,9-10H2,1-6H3/b8-7+/t11-,12-,14+,16-/m1/s1. The minimum Gasteiger partial charge on any atom is -0.459 e. The van der Waals surface area contributed by atoms with Gasteiger partial charge in [0.2, 0.25) is 0 Å². The van der Waals surface area contributed by atoms with Gasteiger partial charge in [0.25, 0.3) is 0 Å². The Bertz CT molecular complexity index is 355. The summed E-state index contributed by atoms with van der Waals surface area (Å²) >= 11 is 0. The van der Waals surface area contributed by atoms with Gasteiger partial charge in [-0.1, -0.05) is 26.8 Å². The fourth-order valence-corrected chi connectivity index (χ4v) is 3.17. The van der Waals surface area contributed by atoms with Gasteiger partial charge in [-0.15, -0.1) is 0 Å². The molecule has 0 aromatic heterocycles. The van der Waals surface area contributed by atoms with Crippen LogP contribution < -0.4 is 0 Å². The van der Waals surface area contributed by atoms with Gasteiger partial charge in [-0.25, -0.2) is 0 Å². The molecule has 1 N–H and O–H groups in total. The smallest absolute Gasteiger partial charge is 0.303 e. The lowest BCUT2D eigenvalue weighted by Crippen LogP contribution is -2.49. The Labute approximate surface area is 117 Å². The van der Waals surface area contributed by atoms with Crippen molar-refractivity contribution in [1.82, 2.24) is 0 Å². The molecule has 0 heterocycles. The van der Waals surface area contributed by atoms with Crippen molar-refractivity contribution >= 4 is 5.97 Å². The van der Waals surface area contributed by atoms with Crippen molar-refractivity contribution < 1.29 is 14.6 Å². The highest BCUT2D eigenvalue weighted by molar-refractivity contribution is 5.66. The van der Waals surface area contributed by atoms with E-state index in [0.717, 1.165) is 12.8 Å². The number of rotatable bonds is 3. The van der Waals surface area contributed by atoms with Crippen LogP contribution in [0.3, 0.4) is 0 Å². The Kier molecular flexibility index (Phi) is 4.83. The van der Waals surface area contributed by atoms with E-state index in [9.17, 15) is 9.90 Å². The summed E-state index contributed by atoms with van der Waals surface area (Å²) in [4.78, 5) is 10.9. The molecule has 0 radical (unpaired) electrons. The molecule has 1 fully saturated rings. The normalized spacial score (nSPS) is 36.2. The number of hydrogen-bond donors (Lipinski definition) is 1. The summed E-state index contributed by atoms with van der Waals surface area (Å²) < 4.78 is 5.10. The second kappa shape index (κ2) is 5.66. The van der Waals surface area contributed by atoms with Gasteiger partial charge in [0, 0.05) is 12.8 Å². The van der Waals surface area contributed by atoms with Crippen LogP contribution in [-0.2, 0) is 9.53 Å². The third-order valence-electron chi connectivity index (χ3n) is 4.75. The van der Waals surface area contributed by atoms with Crippen molar-refractivity contribution in [3.63, 3.8) is 0 Å². The summed E-state index contributed by atoms with van der Waals surface area (Å²) in [5.74, 6) is 0.355. The van der Waals surface area contributed by atoms with Crippen LogP contribution in [0.4, 0.5) is 0 Å². The number of esters is 1. The number of hydrogen-bond acceptors (Lipinski definition) is 3. The minimum absolute atomic E-state index is 0.0359. The van der Waals surface area contributed by atoms with Crippen molar-refractivity contribution in [3.05, 3.63) is 12.2 Å². The molecule has 0 spiro atoms. The Morgan fingerprint density at radius 3 is 2.53 bits per heavy atom. The molecule has 110 valence electrons. The highest BCUT2D eigenvalue weighted by Crippen LogP contribution is 2.50. The number of aliphatic hydroxyl groups is 1. The van der Waals surface area contributed by atoms with Crippen LogP contribution in [0.1, 0.15) is 54.4 Å². The molecule has 1 saturated carbocycles. The molecule has 0 unspecified atom stereocenters. The molecule has 1 aliphatic carbocycles.